The van der Waals surface area contributed by atoms with Crippen molar-refractivity contribution in [3.8, 4) is 0 Å². The highest BCUT2D eigenvalue weighted by Crippen LogP contribution is 2.44. The summed E-state index contributed by atoms with van der Waals surface area (Å²) < 4.78 is 30.8. The predicted molar refractivity (Wildman–Crippen MR) is 61.6 cm³/mol. The molecule has 0 atom stereocenters. The molecule has 5 nitrogen and oxygen atoms in total. The standard InChI is InChI=1S/C10H21NO4S/c1-9(2)15-5-6-16(13,14)11-7-10(8-12)3-4-10/h9,11-12H,3-8H2,1-2H3. The highest BCUT2D eigenvalue weighted by atomic mass is 32.2. The van der Waals surface area contributed by atoms with E-state index in [1.807, 2.05) is 13.8 Å². The number of hydrogen-bond donors (Lipinski definition) is 2. The third kappa shape index (κ3) is 4.78. The summed E-state index contributed by atoms with van der Waals surface area (Å²) in [6, 6.07) is 0. The summed E-state index contributed by atoms with van der Waals surface area (Å²) in [5.74, 6) is -0.0211. The van der Waals surface area contributed by atoms with Crippen molar-refractivity contribution in [2.24, 2.45) is 5.41 Å². The summed E-state index contributed by atoms with van der Waals surface area (Å²) in [7, 11) is -3.27. The SMILES string of the molecule is CC(C)OCCS(=O)(=O)NCC1(CO)CC1. The number of nitrogens with one attached hydrogen (secondary N) is 1. The molecule has 0 heterocycles. The van der Waals surface area contributed by atoms with Crippen molar-refractivity contribution >= 4 is 10.0 Å². The van der Waals surface area contributed by atoms with Crippen LogP contribution in [-0.2, 0) is 14.8 Å². The van der Waals surface area contributed by atoms with E-state index in [4.69, 9.17) is 9.84 Å². The van der Waals surface area contributed by atoms with Gasteiger partial charge in [-0.2, -0.15) is 0 Å². The minimum atomic E-state index is -3.27. The van der Waals surface area contributed by atoms with Gasteiger partial charge in [0.15, 0.2) is 0 Å². The van der Waals surface area contributed by atoms with Gasteiger partial charge in [-0.1, -0.05) is 0 Å². The molecule has 1 fully saturated rings. The van der Waals surface area contributed by atoms with Crippen LogP contribution in [0.1, 0.15) is 26.7 Å². The van der Waals surface area contributed by atoms with Gasteiger partial charge in [0, 0.05) is 18.6 Å². The van der Waals surface area contributed by atoms with Gasteiger partial charge in [-0.25, -0.2) is 13.1 Å². The maximum absolute atomic E-state index is 11.5. The summed E-state index contributed by atoms with van der Waals surface area (Å²) in [5, 5.41) is 9.04. The van der Waals surface area contributed by atoms with Gasteiger partial charge in [-0.05, 0) is 26.7 Å². The summed E-state index contributed by atoms with van der Waals surface area (Å²) >= 11 is 0. The Labute approximate surface area is 97.2 Å². The second kappa shape index (κ2) is 5.44. The van der Waals surface area contributed by atoms with Crippen LogP contribution in [0, 0.1) is 5.41 Å². The largest absolute Gasteiger partial charge is 0.396 e. The van der Waals surface area contributed by atoms with E-state index in [2.05, 4.69) is 4.72 Å². The van der Waals surface area contributed by atoms with E-state index < -0.39 is 10.0 Å². The summed E-state index contributed by atoms with van der Waals surface area (Å²) in [6.45, 7) is 4.33. The van der Waals surface area contributed by atoms with E-state index in [9.17, 15) is 8.42 Å². The van der Waals surface area contributed by atoms with Crippen LogP contribution in [0.25, 0.3) is 0 Å². The first-order valence-corrected chi connectivity index (χ1v) is 7.24. The van der Waals surface area contributed by atoms with Crippen molar-refractivity contribution in [1.82, 2.24) is 4.72 Å². The average Bonchev–Trinajstić information content (AvgIpc) is 2.95. The van der Waals surface area contributed by atoms with E-state index in [0.29, 0.717) is 6.54 Å². The fraction of sp³-hybridized carbons (Fsp3) is 1.00. The molecule has 1 aliphatic rings. The Kier molecular flexibility index (Phi) is 4.73. The third-order valence-electron chi connectivity index (χ3n) is 2.76. The van der Waals surface area contributed by atoms with Crippen LogP contribution < -0.4 is 4.72 Å². The van der Waals surface area contributed by atoms with E-state index in [1.165, 1.54) is 0 Å². The van der Waals surface area contributed by atoms with E-state index in [0.717, 1.165) is 12.8 Å². The number of hydrogen-bond acceptors (Lipinski definition) is 4. The molecule has 16 heavy (non-hydrogen) atoms. The molecule has 0 amide bonds. The molecule has 1 saturated carbocycles. The monoisotopic (exact) mass is 251 g/mol. The molecule has 1 aliphatic carbocycles. The topological polar surface area (TPSA) is 75.6 Å². The molecule has 0 spiro atoms. The summed E-state index contributed by atoms with van der Waals surface area (Å²) in [6.07, 6.45) is 1.84. The number of aliphatic hydroxyl groups excluding tert-OH is 1. The quantitative estimate of drug-likeness (QED) is 0.642. The Balaban J connectivity index is 2.24. The Morgan fingerprint density at radius 1 is 1.44 bits per heavy atom. The zero-order valence-electron chi connectivity index (χ0n) is 9.90. The van der Waals surface area contributed by atoms with Gasteiger partial charge in [0.1, 0.15) is 0 Å². The molecule has 2 N–H and O–H groups in total. The van der Waals surface area contributed by atoms with Crippen molar-refractivity contribution in [2.75, 3.05) is 25.5 Å². The van der Waals surface area contributed by atoms with E-state index in [1.54, 1.807) is 0 Å². The fourth-order valence-corrected chi connectivity index (χ4v) is 2.28. The number of aliphatic hydroxyl groups is 1. The molecular formula is C10H21NO4S. The first-order valence-electron chi connectivity index (χ1n) is 5.59. The number of ether oxygens (including phenoxy) is 1. The lowest BCUT2D eigenvalue weighted by atomic mass is 10.1. The maximum atomic E-state index is 11.5. The molecule has 96 valence electrons. The molecule has 1 rings (SSSR count). The predicted octanol–water partition coefficient (Wildman–Crippen LogP) is 0.103. The molecule has 0 aromatic heterocycles. The van der Waals surface area contributed by atoms with Gasteiger partial charge < -0.3 is 9.84 Å². The normalized spacial score (nSPS) is 19.0. The molecule has 0 aromatic rings. The number of rotatable bonds is 8. The van der Waals surface area contributed by atoms with Gasteiger partial charge in [0.05, 0.1) is 18.5 Å². The molecule has 0 aromatic carbocycles. The molecule has 6 heteroatoms. The molecule has 0 saturated heterocycles. The lowest BCUT2D eigenvalue weighted by Gasteiger charge is -2.13. The van der Waals surface area contributed by atoms with Gasteiger partial charge in [0.2, 0.25) is 10.0 Å². The Morgan fingerprint density at radius 2 is 2.06 bits per heavy atom. The van der Waals surface area contributed by atoms with Gasteiger partial charge in [0.25, 0.3) is 0 Å². The van der Waals surface area contributed by atoms with Crippen LogP contribution in [-0.4, -0.2) is 45.1 Å². The number of sulfonamides is 1. The van der Waals surface area contributed by atoms with Crippen LogP contribution in [0.5, 0.6) is 0 Å². The van der Waals surface area contributed by atoms with Crippen LogP contribution >= 0.6 is 0 Å². The second-order valence-electron chi connectivity index (χ2n) is 4.72. The minimum Gasteiger partial charge on any atom is -0.396 e. The molecule has 0 bridgehead atoms. The van der Waals surface area contributed by atoms with Gasteiger partial charge in [-0.15, -0.1) is 0 Å². The third-order valence-corrected chi connectivity index (χ3v) is 4.05. The van der Waals surface area contributed by atoms with Crippen molar-refractivity contribution in [1.29, 1.82) is 0 Å². The first-order chi connectivity index (χ1) is 7.39. The van der Waals surface area contributed by atoms with Crippen LogP contribution in [0.2, 0.25) is 0 Å². The smallest absolute Gasteiger partial charge is 0.213 e. The molecular weight excluding hydrogens is 230 g/mol. The molecule has 0 aliphatic heterocycles. The second-order valence-corrected chi connectivity index (χ2v) is 6.64. The van der Waals surface area contributed by atoms with Crippen LogP contribution in [0.4, 0.5) is 0 Å². The van der Waals surface area contributed by atoms with E-state index in [-0.39, 0.29) is 30.5 Å². The lowest BCUT2D eigenvalue weighted by Crippen LogP contribution is -2.34. The Hall–Kier alpha value is -0.170. The molecule has 0 unspecified atom stereocenters. The maximum Gasteiger partial charge on any atom is 0.213 e. The Morgan fingerprint density at radius 3 is 2.50 bits per heavy atom. The zero-order valence-corrected chi connectivity index (χ0v) is 10.7. The van der Waals surface area contributed by atoms with Gasteiger partial charge >= 0.3 is 0 Å². The van der Waals surface area contributed by atoms with E-state index >= 15 is 0 Å². The minimum absolute atomic E-state index is 0.0211. The highest BCUT2D eigenvalue weighted by Gasteiger charge is 2.42. The van der Waals surface area contributed by atoms with Crippen LogP contribution in [0.15, 0.2) is 0 Å². The van der Waals surface area contributed by atoms with Crippen molar-refractivity contribution in [3.05, 3.63) is 0 Å². The molecule has 0 radical (unpaired) electrons. The highest BCUT2D eigenvalue weighted by molar-refractivity contribution is 7.89. The van der Waals surface area contributed by atoms with Gasteiger partial charge in [-0.3, -0.25) is 0 Å². The summed E-state index contributed by atoms with van der Waals surface area (Å²) in [5.41, 5.74) is -0.189. The summed E-state index contributed by atoms with van der Waals surface area (Å²) in [4.78, 5) is 0. The van der Waals surface area contributed by atoms with Crippen molar-refractivity contribution in [3.63, 3.8) is 0 Å². The first kappa shape index (κ1) is 13.9. The average molecular weight is 251 g/mol. The van der Waals surface area contributed by atoms with Crippen molar-refractivity contribution in [2.45, 2.75) is 32.8 Å². The lowest BCUT2D eigenvalue weighted by molar-refractivity contribution is 0.0911. The van der Waals surface area contributed by atoms with Crippen molar-refractivity contribution < 1.29 is 18.3 Å². The Bertz CT molecular complexity index is 309. The zero-order chi connectivity index (χ0) is 12.2. The van der Waals surface area contributed by atoms with Crippen LogP contribution in [0.3, 0.4) is 0 Å². The fourth-order valence-electron chi connectivity index (χ4n) is 1.30.